The van der Waals surface area contributed by atoms with E-state index in [-0.39, 0.29) is 6.04 Å². The summed E-state index contributed by atoms with van der Waals surface area (Å²) in [5.41, 5.74) is 7.05. The molecule has 0 saturated carbocycles. The Morgan fingerprint density at radius 1 is 1.62 bits per heavy atom. The number of hydrogen-bond donors (Lipinski definition) is 2. The third-order valence-electron chi connectivity index (χ3n) is 1.41. The van der Waals surface area contributed by atoms with Crippen LogP contribution < -0.4 is 11.1 Å². The summed E-state index contributed by atoms with van der Waals surface area (Å²) in [5.74, 6) is 0. The molecule has 3 N–H and O–H groups in total. The minimum Gasteiger partial charge on any atom is -0.397 e. The Kier molecular flexibility index (Phi) is 3.39. The lowest BCUT2D eigenvalue weighted by Crippen LogP contribution is -2.12. The first-order valence-corrected chi connectivity index (χ1v) is 5.06. The zero-order chi connectivity index (χ0) is 10.0. The molecule has 0 fully saturated rings. The molecular weight excluding hydrogens is 253 g/mol. The first kappa shape index (κ1) is 10.6. The predicted octanol–water partition coefficient (Wildman–Crippen LogP) is 2.90. The molecule has 0 saturated heterocycles. The van der Waals surface area contributed by atoms with Crippen molar-refractivity contribution in [1.82, 2.24) is 4.98 Å². The van der Waals surface area contributed by atoms with E-state index < -0.39 is 0 Å². The Bertz CT molecular complexity index is 291. The van der Waals surface area contributed by atoms with Gasteiger partial charge in [-0.3, -0.25) is 0 Å². The number of aromatic nitrogens is 1. The molecule has 0 spiro atoms. The van der Waals surface area contributed by atoms with Gasteiger partial charge in [0.2, 0.25) is 0 Å². The summed E-state index contributed by atoms with van der Waals surface area (Å²) < 4.78 is 0.643. The van der Waals surface area contributed by atoms with E-state index in [0.717, 1.165) is 0 Å². The van der Waals surface area contributed by atoms with Crippen molar-refractivity contribution in [2.45, 2.75) is 19.9 Å². The van der Waals surface area contributed by atoms with Gasteiger partial charge in [-0.1, -0.05) is 11.6 Å². The van der Waals surface area contributed by atoms with Crippen LogP contribution in [0.5, 0.6) is 0 Å². The SMILES string of the molecule is CC(C)Nc1c(N)cc(Br)nc1Cl. The van der Waals surface area contributed by atoms with Crippen LogP contribution in [-0.2, 0) is 0 Å². The first-order chi connectivity index (χ1) is 6.00. The van der Waals surface area contributed by atoms with E-state index in [1.54, 1.807) is 6.07 Å². The van der Waals surface area contributed by atoms with Crippen molar-refractivity contribution in [2.75, 3.05) is 11.1 Å². The van der Waals surface area contributed by atoms with Gasteiger partial charge in [-0.25, -0.2) is 4.98 Å². The number of rotatable bonds is 2. The maximum atomic E-state index is 5.90. The molecule has 1 aromatic rings. The van der Waals surface area contributed by atoms with Crippen LogP contribution in [0.25, 0.3) is 0 Å². The molecule has 0 unspecified atom stereocenters. The first-order valence-electron chi connectivity index (χ1n) is 3.88. The maximum Gasteiger partial charge on any atom is 0.155 e. The van der Waals surface area contributed by atoms with Crippen LogP contribution in [0.1, 0.15) is 13.8 Å². The van der Waals surface area contributed by atoms with Gasteiger partial charge in [-0.05, 0) is 35.8 Å². The summed E-state index contributed by atoms with van der Waals surface area (Å²) >= 11 is 9.11. The highest BCUT2D eigenvalue weighted by molar-refractivity contribution is 9.10. The second kappa shape index (κ2) is 4.15. The van der Waals surface area contributed by atoms with Gasteiger partial charge in [0.25, 0.3) is 0 Å². The lowest BCUT2D eigenvalue weighted by molar-refractivity contribution is 0.898. The Labute approximate surface area is 90.8 Å². The highest BCUT2D eigenvalue weighted by Crippen LogP contribution is 2.29. The van der Waals surface area contributed by atoms with Crippen LogP contribution in [0.4, 0.5) is 11.4 Å². The van der Waals surface area contributed by atoms with Gasteiger partial charge >= 0.3 is 0 Å². The van der Waals surface area contributed by atoms with Crippen LogP contribution in [0.2, 0.25) is 5.15 Å². The number of anilines is 2. The molecule has 72 valence electrons. The van der Waals surface area contributed by atoms with Gasteiger partial charge in [0.15, 0.2) is 5.15 Å². The van der Waals surface area contributed by atoms with Crippen LogP contribution in [0, 0.1) is 0 Å². The van der Waals surface area contributed by atoms with E-state index in [2.05, 4.69) is 26.2 Å². The summed E-state index contributed by atoms with van der Waals surface area (Å²) in [6.45, 7) is 4.02. The normalized spacial score (nSPS) is 10.5. The summed E-state index contributed by atoms with van der Waals surface area (Å²) in [5, 5.41) is 3.52. The molecule has 3 nitrogen and oxygen atoms in total. The third kappa shape index (κ3) is 2.74. The van der Waals surface area contributed by atoms with E-state index in [1.807, 2.05) is 13.8 Å². The van der Waals surface area contributed by atoms with Crippen molar-refractivity contribution in [3.8, 4) is 0 Å². The predicted molar refractivity (Wildman–Crippen MR) is 60.1 cm³/mol. The van der Waals surface area contributed by atoms with Crippen LogP contribution in [0.15, 0.2) is 10.7 Å². The lowest BCUT2D eigenvalue weighted by Gasteiger charge is -2.13. The molecule has 0 bridgehead atoms. The fraction of sp³-hybridized carbons (Fsp3) is 0.375. The molecule has 0 amide bonds. The molecular formula is C8H11BrClN3. The molecule has 0 atom stereocenters. The summed E-state index contributed by atoms with van der Waals surface area (Å²) in [7, 11) is 0. The minimum atomic E-state index is 0.280. The molecule has 1 aromatic heterocycles. The average Bonchev–Trinajstić information content (AvgIpc) is 1.96. The van der Waals surface area contributed by atoms with Gasteiger partial charge in [0.1, 0.15) is 4.60 Å². The molecule has 5 heteroatoms. The van der Waals surface area contributed by atoms with Crippen molar-refractivity contribution in [3.63, 3.8) is 0 Å². The topological polar surface area (TPSA) is 50.9 Å². The van der Waals surface area contributed by atoms with Crippen molar-refractivity contribution in [3.05, 3.63) is 15.8 Å². The zero-order valence-corrected chi connectivity index (χ0v) is 9.78. The minimum absolute atomic E-state index is 0.280. The number of nitrogens with zero attached hydrogens (tertiary/aromatic N) is 1. The molecule has 1 heterocycles. The molecule has 0 aliphatic carbocycles. The number of nitrogen functional groups attached to an aromatic ring is 1. The van der Waals surface area contributed by atoms with Gasteiger partial charge < -0.3 is 11.1 Å². The van der Waals surface area contributed by atoms with Crippen LogP contribution >= 0.6 is 27.5 Å². The Balaban J connectivity index is 3.06. The summed E-state index contributed by atoms with van der Waals surface area (Å²) in [6, 6.07) is 2.00. The lowest BCUT2D eigenvalue weighted by atomic mass is 10.3. The number of hydrogen-bond acceptors (Lipinski definition) is 3. The summed E-state index contributed by atoms with van der Waals surface area (Å²) in [4.78, 5) is 4.03. The number of nitrogens with two attached hydrogens (primary N) is 1. The van der Waals surface area contributed by atoms with Crippen molar-refractivity contribution < 1.29 is 0 Å². The van der Waals surface area contributed by atoms with Crippen molar-refractivity contribution in [1.29, 1.82) is 0 Å². The van der Waals surface area contributed by atoms with Crippen LogP contribution in [-0.4, -0.2) is 11.0 Å². The monoisotopic (exact) mass is 263 g/mol. The Hall–Kier alpha value is -0.480. The van der Waals surface area contributed by atoms with Gasteiger partial charge in [-0.2, -0.15) is 0 Å². The molecule has 0 radical (unpaired) electrons. The fourth-order valence-electron chi connectivity index (χ4n) is 0.933. The molecule has 0 aromatic carbocycles. The van der Waals surface area contributed by atoms with Crippen molar-refractivity contribution in [2.24, 2.45) is 0 Å². The van der Waals surface area contributed by atoms with Gasteiger partial charge in [0, 0.05) is 6.04 Å². The van der Waals surface area contributed by atoms with Crippen molar-refractivity contribution >= 4 is 38.9 Å². The second-order valence-electron chi connectivity index (χ2n) is 3.00. The largest absolute Gasteiger partial charge is 0.397 e. The molecule has 1 rings (SSSR count). The van der Waals surface area contributed by atoms with E-state index in [1.165, 1.54) is 0 Å². The average molecular weight is 265 g/mol. The Morgan fingerprint density at radius 3 is 2.69 bits per heavy atom. The van der Waals surface area contributed by atoms with E-state index >= 15 is 0 Å². The molecule has 0 aliphatic heterocycles. The van der Waals surface area contributed by atoms with Crippen LogP contribution in [0.3, 0.4) is 0 Å². The quantitative estimate of drug-likeness (QED) is 0.808. The fourth-order valence-corrected chi connectivity index (χ4v) is 1.71. The van der Waals surface area contributed by atoms with E-state index in [0.29, 0.717) is 21.1 Å². The smallest absolute Gasteiger partial charge is 0.155 e. The van der Waals surface area contributed by atoms with E-state index in [4.69, 9.17) is 17.3 Å². The number of halogens is 2. The Morgan fingerprint density at radius 2 is 2.23 bits per heavy atom. The zero-order valence-electron chi connectivity index (χ0n) is 7.44. The highest BCUT2D eigenvalue weighted by atomic mass is 79.9. The van der Waals surface area contributed by atoms with Gasteiger partial charge in [0.05, 0.1) is 11.4 Å². The second-order valence-corrected chi connectivity index (χ2v) is 4.17. The molecule has 0 aliphatic rings. The summed E-state index contributed by atoms with van der Waals surface area (Å²) in [6.07, 6.45) is 0. The third-order valence-corrected chi connectivity index (χ3v) is 2.09. The molecule has 13 heavy (non-hydrogen) atoms. The highest BCUT2D eigenvalue weighted by Gasteiger charge is 2.08. The maximum absolute atomic E-state index is 5.90. The van der Waals surface area contributed by atoms with Gasteiger partial charge in [-0.15, -0.1) is 0 Å². The number of nitrogens with one attached hydrogen (secondary N) is 1. The standard InChI is InChI=1S/C8H11BrClN3/c1-4(2)12-7-5(11)3-6(9)13-8(7)10/h3-4,12H,1-2H3,(H2,11,13). The number of pyridine rings is 1. The van der Waals surface area contributed by atoms with E-state index in [9.17, 15) is 0 Å².